The van der Waals surface area contributed by atoms with Crippen LogP contribution in [0, 0.1) is 5.92 Å². The van der Waals surface area contributed by atoms with Crippen molar-refractivity contribution in [2.24, 2.45) is 5.92 Å². The van der Waals surface area contributed by atoms with Crippen molar-refractivity contribution in [1.29, 1.82) is 0 Å². The normalized spacial score (nSPS) is 21.7. The number of thioether (sulfide) groups is 1. The third-order valence-corrected chi connectivity index (χ3v) is 6.21. The fourth-order valence-corrected chi connectivity index (χ4v) is 4.19. The zero-order chi connectivity index (χ0) is 16.9. The molecule has 4 nitrogen and oxygen atoms in total. The van der Waals surface area contributed by atoms with E-state index in [0.717, 1.165) is 57.8 Å². The molecule has 0 aromatic heterocycles. The van der Waals surface area contributed by atoms with Gasteiger partial charge in [-0.3, -0.25) is 9.69 Å². The van der Waals surface area contributed by atoms with Crippen molar-refractivity contribution >= 4 is 17.7 Å². The van der Waals surface area contributed by atoms with Crippen LogP contribution < -0.4 is 0 Å². The Morgan fingerprint density at radius 2 is 1.75 bits per heavy atom. The zero-order valence-electron chi connectivity index (χ0n) is 14.7. The van der Waals surface area contributed by atoms with Crippen molar-refractivity contribution < 1.29 is 9.53 Å². The first-order valence-corrected chi connectivity index (χ1v) is 10.2. The summed E-state index contributed by atoms with van der Waals surface area (Å²) in [7, 11) is 0. The van der Waals surface area contributed by atoms with Crippen LogP contribution >= 0.6 is 11.8 Å². The van der Waals surface area contributed by atoms with Crippen LogP contribution in [0.5, 0.6) is 0 Å². The Hall–Kier alpha value is -1.04. The predicted molar refractivity (Wildman–Crippen MR) is 98.7 cm³/mol. The SMILES string of the molecule is CSc1ccc(C(=O)N2CCC([C@H](C)N3CCOCC3)CC2)cc1. The van der Waals surface area contributed by atoms with Gasteiger partial charge in [-0.2, -0.15) is 0 Å². The van der Waals surface area contributed by atoms with Gasteiger partial charge in [0, 0.05) is 42.7 Å². The van der Waals surface area contributed by atoms with Crippen molar-refractivity contribution in [3.8, 4) is 0 Å². The highest BCUT2D eigenvalue weighted by atomic mass is 32.2. The summed E-state index contributed by atoms with van der Waals surface area (Å²) in [5, 5.41) is 0. The summed E-state index contributed by atoms with van der Waals surface area (Å²) in [6.07, 6.45) is 4.26. The molecule has 0 unspecified atom stereocenters. The van der Waals surface area contributed by atoms with Crippen LogP contribution in [0.2, 0.25) is 0 Å². The van der Waals surface area contributed by atoms with Gasteiger partial charge in [-0.1, -0.05) is 0 Å². The third-order valence-electron chi connectivity index (χ3n) is 5.47. The Balaban J connectivity index is 1.53. The van der Waals surface area contributed by atoms with Gasteiger partial charge in [0.2, 0.25) is 0 Å². The Bertz CT molecular complexity index is 535. The van der Waals surface area contributed by atoms with Gasteiger partial charge in [0.25, 0.3) is 5.91 Å². The standard InChI is InChI=1S/C19H28N2O2S/c1-15(20-11-13-23-14-12-20)16-7-9-21(10-8-16)19(22)17-3-5-18(24-2)6-4-17/h3-6,15-16H,7-14H2,1-2H3/t15-/m0/s1. The summed E-state index contributed by atoms with van der Waals surface area (Å²) in [6, 6.07) is 8.57. The van der Waals surface area contributed by atoms with Gasteiger partial charge in [0.05, 0.1) is 13.2 Å². The Labute approximate surface area is 149 Å². The highest BCUT2D eigenvalue weighted by molar-refractivity contribution is 7.98. The predicted octanol–water partition coefficient (Wildman–Crippen LogP) is 2.98. The molecule has 3 rings (SSSR count). The van der Waals surface area contributed by atoms with Gasteiger partial charge in [-0.05, 0) is 56.2 Å². The van der Waals surface area contributed by atoms with E-state index in [1.165, 1.54) is 4.90 Å². The molecule has 2 aliphatic rings. The minimum Gasteiger partial charge on any atom is -0.379 e. The maximum atomic E-state index is 12.7. The molecular formula is C19H28N2O2S. The molecule has 2 saturated heterocycles. The van der Waals surface area contributed by atoms with Crippen molar-refractivity contribution in [3.63, 3.8) is 0 Å². The largest absolute Gasteiger partial charge is 0.379 e. The molecule has 1 aromatic carbocycles. The number of carbonyl (C=O) groups excluding carboxylic acids is 1. The molecular weight excluding hydrogens is 320 g/mol. The van der Waals surface area contributed by atoms with E-state index in [2.05, 4.69) is 18.1 Å². The number of hydrogen-bond donors (Lipinski definition) is 0. The molecule has 0 N–H and O–H groups in total. The first-order valence-electron chi connectivity index (χ1n) is 8.94. The van der Waals surface area contributed by atoms with Crippen LogP contribution in [-0.2, 0) is 4.74 Å². The molecule has 2 aliphatic heterocycles. The molecule has 1 aromatic rings. The van der Waals surface area contributed by atoms with Crippen LogP contribution in [-0.4, -0.2) is 67.4 Å². The quantitative estimate of drug-likeness (QED) is 0.783. The average molecular weight is 349 g/mol. The molecule has 2 fully saturated rings. The lowest BCUT2D eigenvalue weighted by atomic mass is 9.89. The minimum atomic E-state index is 0.181. The second-order valence-corrected chi connectivity index (χ2v) is 7.63. The van der Waals surface area contributed by atoms with E-state index >= 15 is 0 Å². The van der Waals surface area contributed by atoms with Crippen LogP contribution in [0.1, 0.15) is 30.1 Å². The Morgan fingerprint density at radius 1 is 1.12 bits per heavy atom. The summed E-state index contributed by atoms with van der Waals surface area (Å²) in [5.41, 5.74) is 0.812. The van der Waals surface area contributed by atoms with Crippen LogP contribution in [0.25, 0.3) is 0 Å². The lowest BCUT2D eigenvalue weighted by Gasteiger charge is -2.41. The molecule has 2 heterocycles. The second-order valence-electron chi connectivity index (χ2n) is 6.75. The molecule has 5 heteroatoms. The smallest absolute Gasteiger partial charge is 0.253 e. The fourth-order valence-electron chi connectivity index (χ4n) is 3.78. The average Bonchev–Trinajstić information content (AvgIpc) is 2.68. The number of rotatable bonds is 4. The monoisotopic (exact) mass is 348 g/mol. The molecule has 1 amide bonds. The number of ether oxygens (including phenoxy) is 1. The number of nitrogens with zero attached hydrogens (tertiary/aromatic N) is 2. The van der Waals surface area contributed by atoms with E-state index in [0.29, 0.717) is 12.0 Å². The van der Waals surface area contributed by atoms with Gasteiger partial charge < -0.3 is 9.64 Å². The number of piperidine rings is 1. The van der Waals surface area contributed by atoms with Gasteiger partial charge in [0.1, 0.15) is 0 Å². The molecule has 24 heavy (non-hydrogen) atoms. The van der Waals surface area contributed by atoms with Crippen molar-refractivity contribution in [2.75, 3.05) is 45.6 Å². The summed E-state index contributed by atoms with van der Waals surface area (Å²) in [6.45, 7) is 7.89. The van der Waals surface area contributed by atoms with E-state index in [-0.39, 0.29) is 5.91 Å². The molecule has 132 valence electrons. The van der Waals surface area contributed by atoms with E-state index in [1.807, 2.05) is 29.2 Å². The fraction of sp³-hybridized carbons (Fsp3) is 0.632. The van der Waals surface area contributed by atoms with Crippen LogP contribution in [0.3, 0.4) is 0 Å². The maximum Gasteiger partial charge on any atom is 0.253 e. The van der Waals surface area contributed by atoms with Crippen molar-refractivity contribution in [3.05, 3.63) is 29.8 Å². The number of hydrogen-bond acceptors (Lipinski definition) is 4. The van der Waals surface area contributed by atoms with Crippen LogP contribution in [0.15, 0.2) is 29.2 Å². The first kappa shape index (κ1) is 17.8. The van der Waals surface area contributed by atoms with Gasteiger partial charge >= 0.3 is 0 Å². The molecule has 0 radical (unpaired) electrons. The van der Waals surface area contributed by atoms with Gasteiger partial charge in [0.15, 0.2) is 0 Å². The molecule has 0 spiro atoms. The highest BCUT2D eigenvalue weighted by Crippen LogP contribution is 2.26. The number of likely N-dealkylation sites (tertiary alicyclic amines) is 1. The van der Waals surface area contributed by atoms with E-state index in [4.69, 9.17) is 4.74 Å². The molecule has 0 aliphatic carbocycles. The Kier molecular flexibility index (Phi) is 6.19. The lowest BCUT2D eigenvalue weighted by Crippen LogP contribution is -2.49. The lowest BCUT2D eigenvalue weighted by molar-refractivity contribution is -0.000951. The molecule has 0 bridgehead atoms. The first-order chi connectivity index (χ1) is 11.7. The summed E-state index contributed by atoms with van der Waals surface area (Å²) >= 11 is 1.70. The number of carbonyl (C=O) groups is 1. The van der Waals surface area contributed by atoms with Crippen molar-refractivity contribution in [2.45, 2.75) is 30.7 Å². The second kappa shape index (κ2) is 8.37. The summed E-state index contributed by atoms with van der Waals surface area (Å²) in [5.74, 6) is 0.867. The number of benzene rings is 1. The minimum absolute atomic E-state index is 0.181. The summed E-state index contributed by atoms with van der Waals surface area (Å²) < 4.78 is 5.46. The molecule has 0 saturated carbocycles. The van der Waals surface area contributed by atoms with E-state index in [1.54, 1.807) is 11.8 Å². The number of morpholine rings is 1. The Morgan fingerprint density at radius 3 is 2.33 bits per heavy atom. The molecule has 1 atom stereocenters. The van der Waals surface area contributed by atoms with E-state index in [9.17, 15) is 4.79 Å². The zero-order valence-corrected chi connectivity index (χ0v) is 15.6. The van der Waals surface area contributed by atoms with Gasteiger partial charge in [-0.25, -0.2) is 0 Å². The van der Waals surface area contributed by atoms with Crippen molar-refractivity contribution in [1.82, 2.24) is 9.80 Å². The topological polar surface area (TPSA) is 32.8 Å². The van der Waals surface area contributed by atoms with E-state index < -0.39 is 0 Å². The maximum absolute atomic E-state index is 12.7. The highest BCUT2D eigenvalue weighted by Gasteiger charge is 2.30. The van der Waals surface area contributed by atoms with Gasteiger partial charge in [-0.15, -0.1) is 11.8 Å². The number of amides is 1. The van der Waals surface area contributed by atoms with Crippen LogP contribution in [0.4, 0.5) is 0 Å². The third kappa shape index (κ3) is 4.13. The summed E-state index contributed by atoms with van der Waals surface area (Å²) in [4.78, 5) is 18.4.